The van der Waals surface area contributed by atoms with Crippen molar-refractivity contribution in [1.82, 2.24) is 0 Å². The van der Waals surface area contributed by atoms with Gasteiger partial charge in [0.05, 0.1) is 0 Å². The summed E-state index contributed by atoms with van der Waals surface area (Å²) in [5.74, 6) is -1.80. The van der Waals surface area contributed by atoms with Crippen LogP contribution < -0.4 is 5.73 Å². The Morgan fingerprint density at radius 3 is 1.86 bits per heavy atom. The van der Waals surface area contributed by atoms with Crippen LogP contribution in [0.4, 0.5) is 0 Å². The molecule has 2 aromatic carbocycles. The van der Waals surface area contributed by atoms with Crippen LogP contribution in [0.25, 0.3) is 11.1 Å². The van der Waals surface area contributed by atoms with Crippen LogP contribution in [0.1, 0.15) is 12.5 Å². The average molecular weight is 301 g/mol. The molecule has 5 nitrogen and oxygen atoms in total. The average Bonchev–Trinajstić information content (AvgIpc) is 2.48. The van der Waals surface area contributed by atoms with E-state index in [0.717, 1.165) is 23.6 Å². The highest BCUT2D eigenvalue weighted by Gasteiger charge is 2.11. The van der Waals surface area contributed by atoms with E-state index < -0.39 is 18.0 Å². The molecule has 2 aromatic rings. The molecule has 0 saturated carbocycles. The zero-order chi connectivity index (χ0) is 16.5. The lowest BCUT2D eigenvalue weighted by molar-refractivity contribution is -0.138. The fourth-order valence-electron chi connectivity index (χ4n) is 1.81. The number of carbonyl (C=O) groups is 2. The van der Waals surface area contributed by atoms with Crippen molar-refractivity contribution in [2.24, 2.45) is 5.73 Å². The molecule has 0 heterocycles. The van der Waals surface area contributed by atoms with Gasteiger partial charge in [0, 0.05) is 6.92 Å². The van der Waals surface area contributed by atoms with Crippen LogP contribution in [0.2, 0.25) is 0 Å². The van der Waals surface area contributed by atoms with Crippen molar-refractivity contribution < 1.29 is 19.8 Å². The van der Waals surface area contributed by atoms with E-state index in [2.05, 4.69) is 0 Å². The lowest BCUT2D eigenvalue weighted by Crippen LogP contribution is -2.32. The molecule has 0 aliphatic carbocycles. The zero-order valence-corrected chi connectivity index (χ0v) is 12.3. The number of hydrogen-bond acceptors (Lipinski definition) is 3. The number of hydrogen-bond donors (Lipinski definition) is 3. The Labute approximate surface area is 129 Å². The second-order valence-corrected chi connectivity index (χ2v) is 4.73. The first kappa shape index (κ1) is 17.4. The minimum Gasteiger partial charge on any atom is -0.481 e. The van der Waals surface area contributed by atoms with E-state index in [-0.39, 0.29) is 0 Å². The number of benzene rings is 2. The summed E-state index contributed by atoms with van der Waals surface area (Å²) < 4.78 is 0. The molecule has 4 N–H and O–H groups in total. The third-order valence-electron chi connectivity index (χ3n) is 2.83. The summed E-state index contributed by atoms with van der Waals surface area (Å²) in [6.07, 6.45) is 0.352. The van der Waals surface area contributed by atoms with Gasteiger partial charge in [-0.15, -0.1) is 0 Å². The Kier molecular flexibility index (Phi) is 6.79. The summed E-state index contributed by atoms with van der Waals surface area (Å²) in [5, 5.41) is 16.2. The summed E-state index contributed by atoms with van der Waals surface area (Å²) in [6.45, 7) is 1.08. The normalized spacial score (nSPS) is 11.0. The van der Waals surface area contributed by atoms with Crippen molar-refractivity contribution in [1.29, 1.82) is 0 Å². The number of nitrogens with two attached hydrogens (primary N) is 1. The molecule has 0 fully saturated rings. The van der Waals surface area contributed by atoms with Gasteiger partial charge in [0.1, 0.15) is 6.04 Å². The predicted octanol–water partition coefficient (Wildman–Crippen LogP) is 2.40. The summed E-state index contributed by atoms with van der Waals surface area (Å²) in [4.78, 5) is 19.7. The van der Waals surface area contributed by atoms with Crippen LogP contribution in [0, 0.1) is 0 Å². The molecule has 0 amide bonds. The van der Waals surface area contributed by atoms with Crippen molar-refractivity contribution >= 4 is 11.9 Å². The molecule has 2 rings (SSSR count). The van der Waals surface area contributed by atoms with E-state index >= 15 is 0 Å². The standard InChI is InChI=1S/C15H15NO2.C2H4O2/c16-14(15(17)18)10-11-6-8-13(9-7-11)12-4-2-1-3-5-12;1-2(3)4/h1-9,14H,10,16H2,(H,17,18);1H3,(H,3,4). The molecule has 5 heteroatoms. The van der Waals surface area contributed by atoms with Crippen molar-refractivity contribution in [3.05, 3.63) is 60.2 Å². The van der Waals surface area contributed by atoms with Crippen molar-refractivity contribution in [3.8, 4) is 11.1 Å². The van der Waals surface area contributed by atoms with Crippen LogP contribution in [-0.2, 0) is 16.0 Å². The number of carboxylic acid groups (broad SMARTS) is 2. The van der Waals surface area contributed by atoms with Gasteiger partial charge in [0.2, 0.25) is 0 Å². The minimum atomic E-state index is -0.970. The summed E-state index contributed by atoms with van der Waals surface area (Å²) in [7, 11) is 0. The van der Waals surface area contributed by atoms with Crippen LogP contribution >= 0.6 is 0 Å². The van der Waals surface area contributed by atoms with Crippen LogP contribution in [-0.4, -0.2) is 28.2 Å². The number of rotatable bonds is 4. The molecule has 0 spiro atoms. The Hall–Kier alpha value is -2.66. The summed E-state index contributed by atoms with van der Waals surface area (Å²) in [6, 6.07) is 17.0. The van der Waals surface area contributed by atoms with E-state index in [1.807, 2.05) is 54.6 Å². The van der Waals surface area contributed by atoms with E-state index in [0.29, 0.717) is 6.42 Å². The molecule has 22 heavy (non-hydrogen) atoms. The molecular weight excluding hydrogens is 282 g/mol. The molecule has 0 aliphatic rings. The van der Waals surface area contributed by atoms with Crippen LogP contribution in [0.5, 0.6) is 0 Å². The second-order valence-electron chi connectivity index (χ2n) is 4.73. The maximum Gasteiger partial charge on any atom is 0.320 e. The summed E-state index contributed by atoms with van der Waals surface area (Å²) >= 11 is 0. The molecule has 1 atom stereocenters. The molecule has 0 radical (unpaired) electrons. The fraction of sp³-hybridized carbons (Fsp3) is 0.176. The number of carboxylic acids is 2. The monoisotopic (exact) mass is 301 g/mol. The van der Waals surface area contributed by atoms with Crippen LogP contribution in [0.3, 0.4) is 0 Å². The highest BCUT2D eigenvalue weighted by molar-refractivity contribution is 5.73. The first-order valence-corrected chi connectivity index (χ1v) is 6.72. The van der Waals surface area contributed by atoms with Gasteiger partial charge in [0.15, 0.2) is 0 Å². The van der Waals surface area contributed by atoms with Gasteiger partial charge in [-0.25, -0.2) is 0 Å². The largest absolute Gasteiger partial charge is 0.481 e. The van der Waals surface area contributed by atoms with Gasteiger partial charge in [0.25, 0.3) is 5.97 Å². The quantitative estimate of drug-likeness (QED) is 0.805. The topological polar surface area (TPSA) is 101 Å². The highest BCUT2D eigenvalue weighted by Crippen LogP contribution is 2.19. The molecule has 0 aliphatic heterocycles. The van der Waals surface area contributed by atoms with Crippen LogP contribution in [0.15, 0.2) is 54.6 Å². The minimum absolute atomic E-state index is 0.352. The zero-order valence-electron chi connectivity index (χ0n) is 12.3. The van der Waals surface area contributed by atoms with E-state index in [1.165, 1.54) is 0 Å². The molecular formula is C17H19NO4. The lowest BCUT2D eigenvalue weighted by Gasteiger charge is -2.07. The second kappa shape index (κ2) is 8.59. The first-order chi connectivity index (χ1) is 10.4. The number of aliphatic carboxylic acids is 2. The van der Waals surface area contributed by atoms with Crippen molar-refractivity contribution in [3.63, 3.8) is 0 Å². The van der Waals surface area contributed by atoms with Crippen molar-refractivity contribution in [2.75, 3.05) is 0 Å². The smallest absolute Gasteiger partial charge is 0.320 e. The van der Waals surface area contributed by atoms with E-state index in [4.69, 9.17) is 20.7 Å². The maximum atomic E-state index is 10.7. The first-order valence-electron chi connectivity index (χ1n) is 6.72. The molecule has 0 aromatic heterocycles. The Morgan fingerprint density at radius 1 is 0.955 bits per heavy atom. The van der Waals surface area contributed by atoms with Gasteiger partial charge >= 0.3 is 5.97 Å². The maximum absolute atomic E-state index is 10.7. The van der Waals surface area contributed by atoms with Gasteiger partial charge < -0.3 is 15.9 Å². The lowest BCUT2D eigenvalue weighted by atomic mass is 10.0. The van der Waals surface area contributed by atoms with Gasteiger partial charge in [-0.05, 0) is 23.1 Å². The van der Waals surface area contributed by atoms with Gasteiger partial charge in [-0.3, -0.25) is 9.59 Å². The van der Waals surface area contributed by atoms with Gasteiger partial charge in [-0.1, -0.05) is 54.6 Å². The highest BCUT2D eigenvalue weighted by atomic mass is 16.4. The van der Waals surface area contributed by atoms with E-state index in [9.17, 15) is 4.79 Å². The Morgan fingerprint density at radius 2 is 1.41 bits per heavy atom. The molecule has 1 unspecified atom stereocenters. The Bertz CT molecular complexity index is 604. The SMILES string of the molecule is CC(=O)O.NC(Cc1ccc(-c2ccccc2)cc1)C(=O)O. The molecule has 0 bridgehead atoms. The fourth-order valence-corrected chi connectivity index (χ4v) is 1.81. The molecule has 0 saturated heterocycles. The Balaban J connectivity index is 0.000000541. The molecule has 116 valence electrons. The summed E-state index contributed by atoms with van der Waals surface area (Å²) in [5.41, 5.74) is 8.69. The van der Waals surface area contributed by atoms with E-state index in [1.54, 1.807) is 0 Å². The third kappa shape index (κ3) is 6.19. The van der Waals surface area contributed by atoms with Crippen molar-refractivity contribution in [2.45, 2.75) is 19.4 Å². The third-order valence-corrected chi connectivity index (χ3v) is 2.83. The van der Waals surface area contributed by atoms with Gasteiger partial charge in [-0.2, -0.15) is 0 Å². The predicted molar refractivity (Wildman–Crippen MR) is 84.5 cm³/mol.